The van der Waals surface area contributed by atoms with E-state index in [0.29, 0.717) is 11.0 Å². The molecule has 0 aliphatic heterocycles. The maximum atomic E-state index is 12.0. The summed E-state index contributed by atoms with van der Waals surface area (Å²) in [5, 5.41) is 5.13. The van der Waals surface area contributed by atoms with Crippen LogP contribution in [0, 0.1) is 0 Å². The quantitative estimate of drug-likeness (QED) is 0.914. The molecule has 1 N–H and O–H groups in total. The summed E-state index contributed by atoms with van der Waals surface area (Å²) in [7, 11) is 0. The first kappa shape index (κ1) is 14.5. The van der Waals surface area contributed by atoms with Gasteiger partial charge >= 0.3 is 0 Å². The Morgan fingerprint density at radius 2 is 2.05 bits per heavy atom. The van der Waals surface area contributed by atoms with Crippen molar-refractivity contribution in [1.82, 2.24) is 4.98 Å². The van der Waals surface area contributed by atoms with Crippen LogP contribution in [-0.2, 0) is 4.79 Å². The first-order valence-electron chi connectivity index (χ1n) is 6.54. The zero-order chi connectivity index (χ0) is 14.5. The molecule has 0 aliphatic carbocycles. The fraction of sp³-hybridized carbons (Fsp3) is 0.333. The summed E-state index contributed by atoms with van der Waals surface area (Å²) < 4.78 is 5.78. The Balaban J connectivity index is 2.04. The number of nitrogens with zero attached hydrogens (tertiary/aromatic N) is 1. The molecule has 0 unspecified atom stereocenters. The number of para-hydroxylation sites is 1. The van der Waals surface area contributed by atoms with Gasteiger partial charge in [-0.05, 0) is 24.5 Å². The van der Waals surface area contributed by atoms with Crippen molar-refractivity contribution in [2.24, 2.45) is 0 Å². The summed E-state index contributed by atoms with van der Waals surface area (Å²) in [6.07, 6.45) is 1.08. The Labute approximate surface area is 122 Å². The third-order valence-corrected chi connectivity index (χ3v) is 3.56. The van der Waals surface area contributed by atoms with Gasteiger partial charge in [-0.1, -0.05) is 32.0 Å². The number of hydrogen-bond acceptors (Lipinski definition) is 4. The van der Waals surface area contributed by atoms with Crippen LogP contribution in [0.25, 0.3) is 0 Å². The highest BCUT2D eigenvalue weighted by Crippen LogP contribution is 2.26. The zero-order valence-corrected chi connectivity index (χ0v) is 12.6. The van der Waals surface area contributed by atoms with Crippen molar-refractivity contribution in [2.45, 2.75) is 32.8 Å². The van der Waals surface area contributed by atoms with E-state index in [1.807, 2.05) is 29.6 Å². The lowest BCUT2D eigenvalue weighted by Crippen LogP contribution is -2.30. The zero-order valence-electron chi connectivity index (χ0n) is 11.8. The van der Waals surface area contributed by atoms with Crippen LogP contribution in [0.15, 0.2) is 35.8 Å². The summed E-state index contributed by atoms with van der Waals surface area (Å²) in [4.78, 5) is 16.0. The van der Waals surface area contributed by atoms with Gasteiger partial charge in [0.25, 0.3) is 5.91 Å². The molecule has 106 valence electrons. The molecule has 4 nitrogen and oxygen atoms in total. The molecule has 5 heteroatoms. The Hall–Kier alpha value is -1.88. The lowest BCUT2D eigenvalue weighted by Gasteiger charge is -2.18. The van der Waals surface area contributed by atoms with Gasteiger partial charge < -0.3 is 4.74 Å². The van der Waals surface area contributed by atoms with Crippen LogP contribution in [0.5, 0.6) is 5.75 Å². The number of hydrogen-bond donors (Lipinski definition) is 1. The number of aromatic nitrogens is 1. The number of anilines is 1. The van der Waals surface area contributed by atoms with Crippen molar-refractivity contribution < 1.29 is 9.53 Å². The average Bonchev–Trinajstić information content (AvgIpc) is 2.91. The summed E-state index contributed by atoms with van der Waals surface area (Å²) in [5.41, 5.74) is 1.10. The number of carbonyl (C=O) groups is 1. The molecule has 2 rings (SSSR count). The Kier molecular flexibility index (Phi) is 4.74. The molecule has 1 heterocycles. The highest BCUT2D eigenvalue weighted by molar-refractivity contribution is 7.13. The van der Waals surface area contributed by atoms with Gasteiger partial charge in [0, 0.05) is 11.6 Å². The number of amides is 1. The standard InChI is InChI=1S/C15H18N2O2S/c1-10(2)12-6-4-5-7-13(12)19-11(3)14(18)17-15-16-8-9-20-15/h4-11H,1-3H3,(H,16,17,18)/t11-/m0/s1. The van der Waals surface area contributed by atoms with E-state index in [1.54, 1.807) is 13.1 Å². The van der Waals surface area contributed by atoms with E-state index in [4.69, 9.17) is 4.74 Å². The molecule has 0 radical (unpaired) electrons. The predicted molar refractivity (Wildman–Crippen MR) is 81.4 cm³/mol. The molecule has 20 heavy (non-hydrogen) atoms. The van der Waals surface area contributed by atoms with Crippen molar-refractivity contribution in [3.05, 3.63) is 41.4 Å². The van der Waals surface area contributed by atoms with E-state index in [1.165, 1.54) is 11.3 Å². The Morgan fingerprint density at radius 3 is 2.70 bits per heavy atom. The first-order valence-corrected chi connectivity index (χ1v) is 7.42. The van der Waals surface area contributed by atoms with Gasteiger partial charge in [0.05, 0.1) is 0 Å². The smallest absolute Gasteiger partial charge is 0.266 e. The monoisotopic (exact) mass is 290 g/mol. The lowest BCUT2D eigenvalue weighted by atomic mass is 10.0. The van der Waals surface area contributed by atoms with E-state index in [9.17, 15) is 4.79 Å². The second kappa shape index (κ2) is 6.52. The first-order chi connectivity index (χ1) is 9.58. The van der Waals surface area contributed by atoms with Crippen LogP contribution in [0.3, 0.4) is 0 Å². The normalized spacial score (nSPS) is 12.2. The van der Waals surface area contributed by atoms with E-state index < -0.39 is 6.10 Å². The molecular formula is C15H18N2O2S. The van der Waals surface area contributed by atoms with Crippen molar-refractivity contribution in [3.8, 4) is 5.75 Å². The second-order valence-electron chi connectivity index (χ2n) is 4.78. The minimum atomic E-state index is -0.571. The maximum absolute atomic E-state index is 12.0. The van der Waals surface area contributed by atoms with Crippen molar-refractivity contribution >= 4 is 22.4 Å². The molecule has 1 amide bonds. The summed E-state index contributed by atoms with van der Waals surface area (Å²) in [6.45, 7) is 5.94. The Bertz CT molecular complexity index is 567. The van der Waals surface area contributed by atoms with Crippen molar-refractivity contribution in [3.63, 3.8) is 0 Å². The van der Waals surface area contributed by atoms with E-state index in [2.05, 4.69) is 24.1 Å². The van der Waals surface area contributed by atoms with Crippen LogP contribution >= 0.6 is 11.3 Å². The molecule has 1 aromatic carbocycles. The topological polar surface area (TPSA) is 51.2 Å². The molecule has 0 saturated heterocycles. The van der Waals surface area contributed by atoms with Crippen LogP contribution in [-0.4, -0.2) is 17.0 Å². The summed E-state index contributed by atoms with van der Waals surface area (Å²) in [5.74, 6) is 0.906. The SMILES string of the molecule is CC(C)c1ccccc1O[C@@H](C)C(=O)Nc1nccs1. The molecule has 1 atom stereocenters. The number of rotatable bonds is 5. The largest absolute Gasteiger partial charge is 0.481 e. The van der Waals surface area contributed by atoms with Gasteiger partial charge in [0.1, 0.15) is 5.75 Å². The molecular weight excluding hydrogens is 272 g/mol. The molecule has 0 aliphatic rings. The van der Waals surface area contributed by atoms with Crippen LogP contribution < -0.4 is 10.1 Å². The van der Waals surface area contributed by atoms with Gasteiger partial charge in [-0.3, -0.25) is 10.1 Å². The number of benzene rings is 1. The molecule has 0 spiro atoms. The van der Waals surface area contributed by atoms with Gasteiger partial charge in [0.15, 0.2) is 11.2 Å². The van der Waals surface area contributed by atoms with E-state index >= 15 is 0 Å². The fourth-order valence-electron chi connectivity index (χ4n) is 1.80. The van der Waals surface area contributed by atoms with Crippen molar-refractivity contribution in [2.75, 3.05) is 5.32 Å². The van der Waals surface area contributed by atoms with E-state index in [0.717, 1.165) is 11.3 Å². The third kappa shape index (κ3) is 3.57. The lowest BCUT2D eigenvalue weighted by molar-refractivity contribution is -0.122. The van der Waals surface area contributed by atoms with Crippen molar-refractivity contribution in [1.29, 1.82) is 0 Å². The minimum Gasteiger partial charge on any atom is -0.481 e. The predicted octanol–water partition coefficient (Wildman–Crippen LogP) is 3.67. The van der Waals surface area contributed by atoms with Crippen LogP contribution in [0.4, 0.5) is 5.13 Å². The molecule has 0 bridgehead atoms. The highest BCUT2D eigenvalue weighted by atomic mass is 32.1. The molecule has 0 fully saturated rings. The molecule has 0 saturated carbocycles. The maximum Gasteiger partial charge on any atom is 0.266 e. The number of thiazole rings is 1. The van der Waals surface area contributed by atoms with Gasteiger partial charge in [-0.15, -0.1) is 11.3 Å². The Morgan fingerprint density at radius 1 is 1.30 bits per heavy atom. The number of carbonyl (C=O) groups excluding carboxylic acids is 1. The fourth-order valence-corrected chi connectivity index (χ4v) is 2.33. The summed E-state index contributed by atoms with van der Waals surface area (Å²) >= 11 is 1.38. The van der Waals surface area contributed by atoms with Gasteiger partial charge in [-0.25, -0.2) is 4.98 Å². The second-order valence-corrected chi connectivity index (χ2v) is 5.67. The average molecular weight is 290 g/mol. The van der Waals surface area contributed by atoms with Gasteiger partial charge in [-0.2, -0.15) is 0 Å². The van der Waals surface area contributed by atoms with Crippen LogP contribution in [0.2, 0.25) is 0 Å². The van der Waals surface area contributed by atoms with Gasteiger partial charge in [0.2, 0.25) is 0 Å². The molecule has 1 aromatic heterocycles. The van der Waals surface area contributed by atoms with E-state index in [-0.39, 0.29) is 5.91 Å². The third-order valence-electron chi connectivity index (χ3n) is 2.88. The van der Waals surface area contributed by atoms with Crippen LogP contribution in [0.1, 0.15) is 32.3 Å². The molecule has 2 aromatic rings. The number of nitrogens with one attached hydrogen (secondary N) is 1. The minimum absolute atomic E-state index is 0.196. The number of ether oxygens (including phenoxy) is 1. The summed E-state index contributed by atoms with van der Waals surface area (Å²) in [6, 6.07) is 7.79. The highest BCUT2D eigenvalue weighted by Gasteiger charge is 2.17.